The molecular weight excluding hydrogens is 292 g/mol. The summed E-state index contributed by atoms with van der Waals surface area (Å²) in [5.74, 6) is 0.151. The molecule has 0 spiro atoms. The van der Waals surface area contributed by atoms with Crippen molar-refractivity contribution in [3.8, 4) is 0 Å². The van der Waals surface area contributed by atoms with Gasteiger partial charge in [-0.15, -0.1) is 0 Å². The number of aromatic nitrogens is 5. The summed E-state index contributed by atoms with van der Waals surface area (Å²) in [6.07, 6.45) is 7.46. The molecule has 2 atom stereocenters. The molecule has 2 saturated heterocycles. The summed E-state index contributed by atoms with van der Waals surface area (Å²) in [5, 5.41) is 8.68. The van der Waals surface area contributed by atoms with Crippen LogP contribution in [0.3, 0.4) is 0 Å². The second-order valence-corrected chi connectivity index (χ2v) is 6.77. The van der Waals surface area contributed by atoms with E-state index in [0.29, 0.717) is 18.1 Å². The zero-order valence-corrected chi connectivity index (χ0v) is 13.8. The summed E-state index contributed by atoms with van der Waals surface area (Å²) < 4.78 is 3.75. The summed E-state index contributed by atoms with van der Waals surface area (Å²) in [4.78, 5) is 19.3. The summed E-state index contributed by atoms with van der Waals surface area (Å²) in [6, 6.07) is 0.957. The number of carbonyl (C=O) groups is 1. The summed E-state index contributed by atoms with van der Waals surface area (Å²) in [5.41, 5.74) is 2.56. The molecule has 2 fully saturated rings. The Balaban J connectivity index is 1.60. The quantitative estimate of drug-likeness (QED) is 0.845. The molecule has 23 heavy (non-hydrogen) atoms. The third kappa shape index (κ3) is 2.17. The number of rotatable bonds is 2. The lowest BCUT2D eigenvalue weighted by Crippen LogP contribution is -2.47. The molecule has 0 N–H and O–H groups in total. The van der Waals surface area contributed by atoms with Gasteiger partial charge in [-0.2, -0.15) is 10.2 Å². The molecule has 1 amide bonds. The van der Waals surface area contributed by atoms with Crippen LogP contribution < -0.4 is 0 Å². The Morgan fingerprint density at radius 3 is 2.39 bits per heavy atom. The number of aryl methyl sites for hydroxylation is 2. The van der Waals surface area contributed by atoms with Gasteiger partial charge in [-0.05, 0) is 39.5 Å². The maximum absolute atomic E-state index is 13.1. The Bertz CT molecular complexity index is 720. The zero-order valence-electron chi connectivity index (χ0n) is 13.8. The van der Waals surface area contributed by atoms with Gasteiger partial charge in [-0.1, -0.05) is 0 Å². The summed E-state index contributed by atoms with van der Waals surface area (Å²) >= 11 is 0. The van der Waals surface area contributed by atoms with Gasteiger partial charge in [0.25, 0.3) is 5.91 Å². The highest BCUT2D eigenvalue weighted by molar-refractivity contribution is 5.97. The van der Waals surface area contributed by atoms with Crippen molar-refractivity contribution in [3.63, 3.8) is 0 Å². The molecule has 7 heteroatoms. The SMILES string of the molecule is Cc1nn(C)c(C)c1C(=O)N1C2CCC1CC(n1cncn1)C2. The Labute approximate surface area is 135 Å². The largest absolute Gasteiger partial charge is 0.332 e. The van der Waals surface area contributed by atoms with Crippen molar-refractivity contribution >= 4 is 5.91 Å². The lowest BCUT2D eigenvalue weighted by atomic mass is 9.96. The van der Waals surface area contributed by atoms with Crippen LogP contribution in [-0.2, 0) is 7.05 Å². The average Bonchev–Trinajstić information content (AvgIpc) is 3.19. The van der Waals surface area contributed by atoms with Crippen LogP contribution in [0.1, 0.15) is 53.5 Å². The molecular formula is C16H22N6O. The van der Waals surface area contributed by atoms with Gasteiger partial charge >= 0.3 is 0 Å². The molecule has 122 valence electrons. The molecule has 4 heterocycles. The van der Waals surface area contributed by atoms with Gasteiger partial charge in [0.1, 0.15) is 12.7 Å². The molecule has 2 aliphatic heterocycles. The van der Waals surface area contributed by atoms with E-state index in [-0.39, 0.29) is 5.91 Å². The minimum absolute atomic E-state index is 0.151. The topological polar surface area (TPSA) is 68.8 Å². The number of carbonyl (C=O) groups excluding carboxylic acids is 1. The minimum Gasteiger partial charge on any atom is -0.332 e. The molecule has 7 nitrogen and oxygen atoms in total. The molecule has 2 aromatic heterocycles. The fourth-order valence-corrected chi connectivity index (χ4v) is 4.31. The van der Waals surface area contributed by atoms with Crippen molar-refractivity contribution in [1.82, 2.24) is 29.4 Å². The van der Waals surface area contributed by atoms with Crippen LogP contribution in [0.5, 0.6) is 0 Å². The first-order chi connectivity index (χ1) is 11.1. The number of nitrogens with zero attached hydrogens (tertiary/aromatic N) is 6. The van der Waals surface area contributed by atoms with E-state index in [1.54, 1.807) is 17.3 Å². The summed E-state index contributed by atoms with van der Waals surface area (Å²) in [6.45, 7) is 3.89. The van der Waals surface area contributed by atoms with Crippen molar-refractivity contribution in [2.24, 2.45) is 7.05 Å². The second-order valence-electron chi connectivity index (χ2n) is 6.77. The normalized spacial score (nSPS) is 26.7. The zero-order chi connectivity index (χ0) is 16.1. The van der Waals surface area contributed by atoms with E-state index in [9.17, 15) is 4.79 Å². The predicted molar refractivity (Wildman–Crippen MR) is 84.0 cm³/mol. The lowest BCUT2D eigenvalue weighted by Gasteiger charge is -2.39. The van der Waals surface area contributed by atoms with Crippen LogP contribution in [0.15, 0.2) is 12.7 Å². The van der Waals surface area contributed by atoms with E-state index in [0.717, 1.165) is 42.6 Å². The van der Waals surface area contributed by atoms with Crippen LogP contribution >= 0.6 is 0 Å². The standard InChI is InChI=1S/C16H22N6O/c1-10-15(11(2)20(3)19-10)16(23)22-12-4-5-13(22)7-14(6-12)21-9-17-8-18-21/h8-9,12-14H,4-7H2,1-3H3. The fourth-order valence-electron chi connectivity index (χ4n) is 4.31. The molecule has 0 aliphatic carbocycles. The first kappa shape index (κ1) is 14.4. The van der Waals surface area contributed by atoms with Gasteiger partial charge in [0.15, 0.2) is 0 Å². The maximum atomic E-state index is 13.1. The number of fused-ring (bicyclic) bond motifs is 2. The Hall–Kier alpha value is -2.18. The predicted octanol–water partition coefficient (Wildman–Crippen LogP) is 1.64. The van der Waals surface area contributed by atoms with Gasteiger partial charge < -0.3 is 4.90 Å². The highest BCUT2D eigenvalue weighted by Crippen LogP contribution is 2.41. The molecule has 2 aliphatic rings. The lowest BCUT2D eigenvalue weighted by molar-refractivity contribution is 0.0522. The van der Waals surface area contributed by atoms with Gasteiger partial charge in [0, 0.05) is 24.8 Å². The molecule has 2 unspecified atom stereocenters. The number of hydrogen-bond donors (Lipinski definition) is 0. The van der Waals surface area contributed by atoms with Gasteiger partial charge in [0.05, 0.1) is 17.3 Å². The Morgan fingerprint density at radius 2 is 1.87 bits per heavy atom. The van der Waals surface area contributed by atoms with E-state index in [2.05, 4.69) is 20.1 Å². The van der Waals surface area contributed by atoms with Crippen molar-refractivity contribution in [3.05, 3.63) is 29.6 Å². The molecule has 0 saturated carbocycles. The smallest absolute Gasteiger partial charge is 0.258 e. The van der Waals surface area contributed by atoms with Crippen molar-refractivity contribution in [1.29, 1.82) is 0 Å². The number of piperidine rings is 1. The first-order valence-electron chi connectivity index (χ1n) is 8.23. The minimum atomic E-state index is 0.151. The van der Waals surface area contributed by atoms with Crippen LogP contribution in [0.2, 0.25) is 0 Å². The Kier molecular flexibility index (Phi) is 3.25. The third-order valence-corrected chi connectivity index (χ3v) is 5.48. The van der Waals surface area contributed by atoms with Crippen LogP contribution in [0.25, 0.3) is 0 Å². The van der Waals surface area contributed by atoms with Crippen molar-refractivity contribution in [2.45, 2.75) is 57.7 Å². The molecule has 2 bridgehead atoms. The van der Waals surface area contributed by atoms with Crippen LogP contribution in [0.4, 0.5) is 0 Å². The van der Waals surface area contributed by atoms with Crippen LogP contribution in [0, 0.1) is 13.8 Å². The average molecular weight is 314 g/mol. The highest BCUT2D eigenvalue weighted by Gasteiger charge is 2.45. The molecule has 0 radical (unpaired) electrons. The number of amides is 1. The van der Waals surface area contributed by atoms with Crippen molar-refractivity contribution < 1.29 is 4.79 Å². The van der Waals surface area contributed by atoms with E-state index in [4.69, 9.17) is 0 Å². The van der Waals surface area contributed by atoms with Crippen LogP contribution in [-0.4, -0.2) is 47.4 Å². The Morgan fingerprint density at radius 1 is 1.17 bits per heavy atom. The second kappa shape index (κ2) is 5.18. The van der Waals surface area contributed by atoms with E-state index in [1.165, 1.54) is 0 Å². The monoisotopic (exact) mass is 314 g/mol. The number of hydrogen-bond acceptors (Lipinski definition) is 4. The van der Waals surface area contributed by atoms with Crippen molar-refractivity contribution in [2.75, 3.05) is 0 Å². The van der Waals surface area contributed by atoms with Gasteiger partial charge in [-0.25, -0.2) is 9.67 Å². The van der Waals surface area contributed by atoms with E-state index >= 15 is 0 Å². The van der Waals surface area contributed by atoms with E-state index < -0.39 is 0 Å². The van der Waals surface area contributed by atoms with E-state index in [1.807, 2.05) is 25.6 Å². The third-order valence-electron chi connectivity index (χ3n) is 5.48. The first-order valence-corrected chi connectivity index (χ1v) is 8.23. The molecule has 4 rings (SSSR count). The molecule has 2 aromatic rings. The molecule has 0 aromatic carbocycles. The highest BCUT2D eigenvalue weighted by atomic mass is 16.2. The van der Waals surface area contributed by atoms with Gasteiger partial charge in [-0.3, -0.25) is 9.48 Å². The summed E-state index contributed by atoms with van der Waals surface area (Å²) in [7, 11) is 1.89. The maximum Gasteiger partial charge on any atom is 0.258 e. The van der Waals surface area contributed by atoms with Gasteiger partial charge in [0.2, 0.25) is 0 Å². The fraction of sp³-hybridized carbons (Fsp3) is 0.625.